The van der Waals surface area contributed by atoms with E-state index in [9.17, 15) is 9.59 Å². The number of nitrogens with zero attached hydrogens (tertiary/aromatic N) is 3. The van der Waals surface area contributed by atoms with Gasteiger partial charge in [-0.25, -0.2) is 0 Å². The van der Waals surface area contributed by atoms with E-state index in [2.05, 4.69) is 103 Å². The number of carbonyl (C=O) groups excluding carboxylic acids is 2. The highest BCUT2D eigenvalue weighted by molar-refractivity contribution is 6.21. The van der Waals surface area contributed by atoms with Crippen LogP contribution in [0.2, 0.25) is 0 Å². The number of pyridine rings is 2. The van der Waals surface area contributed by atoms with E-state index in [1.165, 1.54) is 4.90 Å². The average molecular weight is 852 g/mol. The number of rotatable bonds is 10. The zero-order valence-electron chi connectivity index (χ0n) is 35.3. The lowest BCUT2D eigenvalue weighted by molar-refractivity contribution is 0.0646. The van der Waals surface area contributed by atoms with Gasteiger partial charge in [0.2, 0.25) is 0 Å². The molecule has 2 amide bonds. The predicted octanol–water partition coefficient (Wildman–Crippen LogP) is 6.17. The topological polar surface area (TPSA) is 145 Å². The number of benzene rings is 3. The fourth-order valence-electron chi connectivity index (χ4n) is 8.94. The molecule has 65 heavy (non-hydrogen) atoms. The third-order valence-corrected chi connectivity index (χ3v) is 12.0. The van der Waals surface area contributed by atoms with Crippen LogP contribution in [-0.2, 0) is 0 Å². The second kappa shape index (κ2) is 16.5. The molecular weight excluding hydrogens is 811 g/mol. The maximum Gasteiger partial charge on any atom is 0.261 e. The summed E-state index contributed by atoms with van der Waals surface area (Å²) in [7, 11) is 1.68. The van der Waals surface area contributed by atoms with Crippen molar-refractivity contribution in [3.05, 3.63) is 248 Å². The molecule has 0 saturated carbocycles. The molecule has 2 aliphatic rings. The summed E-state index contributed by atoms with van der Waals surface area (Å²) in [6.07, 6.45) is 7.75. The lowest BCUT2D eigenvalue weighted by Gasteiger charge is -2.14. The molecule has 6 aromatic heterocycles. The monoisotopic (exact) mass is 851 g/mol. The number of ether oxygens (including phenoxy) is 2. The number of aromatic amines is 4. The Hall–Kier alpha value is -8.70. The number of methoxy groups -OCH3 is 1. The summed E-state index contributed by atoms with van der Waals surface area (Å²) in [5, 5.41) is 3.70. The van der Waals surface area contributed by atoms with Crippen LogP contribution in [-0.4, -0.2) is 66.9 Å². The average Bonchev–Trinajstić information content (AvgIpc) is 4.23. The maximum atomic E-state index is 12.9. The van der Waals surface area contributed by atoms with Gasteiger partial charge >= 0.3 is 0 Å². The summed E-state index contributed by atoms with van der Waals surface area (Å²) in [4.78, 5) is 51.0. The van der Waals surface area contributed by atoms with E-state index in [1.54, 1.807) is 31.4 Å². The Labute approximate surface area is 372 Å². The van der Waals surface area contributed by atoms with Crippen molar-refractivity contribution in [1.82, 2.24) is 34.8 Å². The van der Waals surface area contributed by atoms with Crippen LogP contribution in [0, 0.1) is 0 Å². The number of hydrogen-bond acceptors (Lipinski definition) is 6. The highest BCUT2D eigenvalue weighted by atomic mass is 16.5. The van der Waals surface area contributed by atoms with Crippen LogP contribution in [0.25, 0.3) is 22.3 Å². The van der Waals surface area contributed by atoms with E-state index >= 15 is 0 Å². The second-order valence-electron chi connectivity index (χ2n) is 15.9. The van der Waals surface area contributed by atoms with Gasteiger partial charge in [-0.2, -0.15) is 0 Å². The van der Waals surface area contributed by atoms with E-state index in [4.69, 9.17) is 9.47 Å². The van der Waals surface area contributed by atoms with Crippen LogP contribution >= 0.6 is 0 Å². The van der Waals surface area contributed by atoms with Gasteiger partial charge < -0.3 is 29.4 Å². The molecule has 11 heteroatoms. The lowest BCUT2D eigenvalue weighted by Crippen LogP contribution is -2.31. The third kappa shape index (κ3) is 7.24. The number of H-pyrrole nitrogens is 4. The molecule has 0 fully saturated rings. The molecule has 11 rings (SSSR count). The maximum absolute atomic E-state index is 12.9. The lowest BCUT2D eigenvalue weighted by atomic mass is 10.0. The van der Waals surface area contributed by atoms with E-state index in [1.807, 2.05) is 73.3 Å². The molecule has 11 nitrogen and oxygen atoms in total. The minimum Gasteiger partial charge on any atom is -0.497 e. The molecule has 0 saturated heterocycles. The molecule has 0 spiro atoms. The molecular formula is C54H41N7O4. The number of amides is 2. The molecule has 3 aromatic carbocycles. The van der Waals surface area contributed by atoms with Crippen LogP contribution in [0.3, 0.4) is 0 Å². The molecule has 8 heterocycles. The number of hydrogen-bond donors (Lipinski definition) is 4. The Morgan fingerprint density at radius 2 is 0.831 bits per heavy atom. The van der Waals surface area contributed by atoms with Crippen LogP contribution in [0.15, 0.2) is 170 Å². The van der Waals surface area contributed by atoms with Crippen molar-refractivity contribution in [3.8, 4) is 11.5 Å². The summed E-state index contributed by atoms with van der Waals surface area (Å²) >= 11 is 0. The highest BCUT2D eigenvalue weighted by Gasteiger charge is 2.34. The first kappa shape index (κ1) is 39.2. The molecule has 0 aliphatic carbocycles. The fraction of sp³-hybridized carbons (Fsp3) is 0.0741. The largest absolute Gasteiger partial charge is 0.497 e. The Balaban J connectivity index is 1.04. The molecule has 2 aliphatic heterocycles. The number of imide groups is 1. The predicted molar refractivity (Wildman–Crippen MR) is 248 cm³/mol. The van der Waals surface area contributed by atoms with Crippen LogP contribution in [0.5, 0.6) is 11.5 Å². The van der Waals surface area contributed by atoms with Crippen molar-refractivity contribution in [1.29, 1.82) is 0 Å². The summed E-state index contributed by atoms with van der Waals surface area (Å²) in [6, 6.07) is 48.2. The van der Waals surface area contributed by atoms with E-state index in [0.29, 0.717) is 29.9 Å². The minimum absolute atomic E-state index is 0.259. The van der Waals surface area contributed by atoms with Gasteiger partial charge in [0.1, 0.15) is 11.5 Å². The molecule has 8 bridgehead atoms. The second-order valence-corrected chi connectivity index (χ2v) is 15.9. The van der Waals surface area contributed by atoms with Crippen LogP contribution < -0.4 is 30.9 Å². The normalized spacial score (nSPS) is 13.4. The Morgan fingerprint density at radius 3 is 1.23 bits per heavy atom. The smallest absolute Gasteiger partial charge is 0.261 e. The SMILES string of the molecule is COc1ccc(C2=c3ccc([nH]3)=C(c3ccncc3)c3ccc([nH]3)C(c3ccc(OCCCN4C(=O)c5ccccc5C4=O)cc3)=c3ccc([nH]3)=C(c3ccncc3)c3ccc2[nH]3)cc1. The van der Waals surface area contributed by atoms with Gasteiger partial charge in [0, 0.05) is 97.8 Å². The standard InChI is InChI=1S/C54H41N7O4/c1-64-37-11-7-33(8-12-37)49-41-15-19-45(57-41)51(35-23-27-55-28-24-35)47-21-17-43(59-47)50(44-18-22-48(60-44)52(36-25-29-56-30-26-36)46-20-16-42(49)58-46)34-9-13-38(14-10-34)65-32-4-31-61-53(62)39-5-2-3-6-40(39)54(61)63/h2-3,5-30,57-60H,4,31-32H2,1H3. The first-order valence-electron chi connectivity index (χ1n) is 21.4. The molecule has 316 valence electrons. The van der Waals surface area contributed by atoms with Crippen molar-refractivity contribution >= 4 is 34.1 Å². The number of aromatic nitrogens is 6. The summed E-state index contributed by atoms with van der Waals surface area (Å²) in [6.45, 7) is 0.615. The molecule has 4 N–H and O–H groups in total. The van der Waals surface area contributed by atoms with E-state index in [0.717, 1.165) is 94.5 Å². The third-order valence-electron chi connectivity index (χ3n) is 12.0. The Morgan fingerprint density at radius 1 is 0.446 bits per heavy atom. The van der Waals surface area contributed by atoms with Gasteiger partial charge in [-0.15, -0.1) is 0 Å². The minimum atomic E-state index is -0.259. The first-order chi connectivity index (χ1) is 32.0. The number of fused-ring (bicyclic) bond motifs is 9. The zero-order chi connectivity index (χ0) is 43.9. The van der Waals surface area contributed by atoms with Crippen molar-refractivity contribution in [3.63, 3.8) is 0 Å². The van der Waals surface area contributed by atoms with Gasteiger partial charge in [0.05, 0.1) is 24.8 Å². The van der Waals surface area contributed by atoms with Gasteiger partial charge in [-0.3, -0.25) is 24.5 Å². The number of nitrogens with one attached hydrogen (secondary N) is 4. The quantitative estimate of drug-likeness (QED) is 0.0959. The van der Waals surface area contributed by atoms with Crippen molar-refractivity contribution in [2.24, 2.45) is 0 Å². The highest BCUT2D eigenvalue weighted by Crippen LogP contribution is 2.29. The van der Waals surface area contributed by atoms with Crippen LogP contribution in [0.1, 0.15) is 72.2 Å². The van der Waals surface area contributed by atoms with Crippen LogP contribution in [0.4, 0.5) is 0 Å². The molecule has 0 radical (unpaired) electrons. The number of carbonyl (C=O) groups is 2. The molecule has 0 unspecified atom stereocenters. The molecule has 9 aromatic rings. The van der Waals surface area contributed by atoms with Gasteiger partial charge in [0.15, 0.2) is 0 Å². The first-order valence-corrected chi connectivity index (χ1v) is 21.4. The summed E-state index contributed by atoms with van der Waals surface area (Å²) in [5.41, 5.74) is 12.5. The Bertz CT molecular complexity index is 3470. The Kier molecular flexibility index (Phi) is 9.96. The van der Waals surface area contributed by atoms with E-state index in [-0.39, 0.29) is 18.4 Å². The summed E-state index contributed by atoms with van der Waals surface area (Å²) in [5.74, 6) is 0.945. The van der Waals surface area contributed by atoms with Crippen molar-refractivity contribution in [2.45, 2.75) is 6.42 Å². The zero-order valence-corrected chi connectivity index (χ0v) is 35.3. The fourth-order valence-corrected chi connectivity index (χ4v) is 8.94. The van der Waals surface area contributed by atoms with Crippen molar-refractivity contribution < 1.29 is 19.1 Å². The van der Waals surface area contributed by atoms with E-state index < -0.39 is 0 Å². The van der Waals surface area contributed by atoms with Gasteiger partial charge in [-0.05, 0) is 138 Å². The van der Waals surface area contributed by atoms with Gasteiger partial charge in [-0.1, -0.05) is 36.4 Å². The summed E-state index contributed by atoms with van der Waals surface area (Å²) < 4.78 is 11.7. The van der Waals surface area contributed by atoms with Gasteiger partial charge in [0.25, 0.3) is 11.8 Å². The van der Waals surface area contributed by atoms with Crippen molar-refractivity contribution in [2.75, 3.05) is 20.3 Å². The molecule has 0 atom stereocenters.